The fourth-order valence-electron chi connectivity index (χ4n) is 2.21. The Balaban J connectivity index is 2.15. The number of rotatable bonds is 3. The predicted molar refractivity (Wildman–Crippen MR) is 84.6 cm³/mol. The molecule has 108 valence electrons. The smallest absolute Gasteiger partial charge is 0.180 e. The van der Waals surface area contributed by atoms with Gasteiger partial charge in [0.15, 0.2) is 5.65 Å². The maximum absolute atomic E-state index is 5.93. The van der Waals surface area contributed by atoms with E-state index in [0.717, 1.165) is 22.5 Å². The van der Waals surface area contributed by atoms with Gasteiger partial charge in [-0.25, -0.2) is 9.97 Å². The number of hydrogen-bond acceptors (Lipinski definition) is 5. The number of nitrogens with one attached hydrogen (secondary N) is 1. The van der Waals surface area contributed by atoms with Gasteiger partial charge in [0, 0.05) is 32.0 Å². The van der Waals surface area contributed by atoms with Gasteiger partial charge in [-0.3, -0.25) is 0 Å². The second-order valence-corrected chi connectivity index (χ2v) is 4.96. The molecular formula is C15H17N5O. The molecule has 6 nitrogen and oxygen atoms in total. The van der Waals surface area contributed by atoms with Crippen LogP contribution in [-0.2, 0) is 0 Å². The fraction of sp³-hybridized carbons (Fsp3) is 0.200. The Morgan fingerprint density at radius 1 is 1.24 bits per heavy atom. The maximum Gasteiger partial charge on any atom is 0.180 e. The fourth-order valence-corrected chi connectivity index (χ4v) is 2.21. The quantitative estimate of drug-likeness (QED) is 0.771. The van der Waals surface area contributed by atoms with Crippen molar-refractivity contribution in [1.82, 2.24) is 15.0 Å². The normalized spacial score (nSPS) is 10.8. The van der Waals surface area contributed by atoms with E-state index in [4.69, 9.17) is 10.5 Å². The van der Waals surface area contributed by atoms with Gasteiger partial charge in [0.25, 0.3) is 0 Å². The van der Waals surface area contributed by atoms with Gasteiger partial charge in [-0.2, -0.15) is 0 Å². The maximum atomic E-state index is 5.93. The second-order valence-electron chi connectivity index (χ2n) is 4.96. The second kappa shape index (κ2) is 4.97. The molecular weight excluding hydrogens is 266 g/mol. The van der Waals surface area contributed by atoms with Gasteiger partial charge >= 0.3 is 0 Å². The van der Waals surface area contributed by atoms with Crippen molar-refractivity contribution in [2.75, 3.05) is 31.8 Å². The minimum atomic E-state index is 0.601. The van der Waals surface area contributed by atoms with Gasteiger partial charge < -0.3 is 20.4 Å². The molecule has 0 spiro atoms. The monoisotopic (exact) mass is 283 g/mol. The Bertz CT molecular complexity index is 794. The van der Waals surface area contributed by atoms with E-state index in [2.05, 4.69) is 15.0 Å². The first kappa shape index (κ1) is 13.2. The van der Waals surface area contributed by atoms with E-state index in [1.54, 1.807) is 19.4 Å². The molecule has 0 fully saturated rings. The number of hydrogen-bond donors (Lipinski definition) is 2. The largest absolute Gasteiger partial charge is 0.496 e. The van der Waals surface area contributed by atoms with E-state index < -0.39 is 0 Å². The third-order valence-electron chi connectivity index (χ3n) is 3.38. The summed E-state index contributed by atoms with van der Waals surface area (Å²) in [6, 6.07) is 7.71. The number of aromatic amines is 1. The SMILES string of the molecule is COc1cc(N(C)C)ccc1-c1nc2nccc(N)c2[nH]1. The Morgan fingerprint density at radius 3 is 2.71 bits per heavy atom. The minimum Gasteiger partial charge on any atom is -0.496 e. The summed E-state index contributed by atoms with van der Waals surface area (Å²) in [7, 11) is 5.62. The van der Waals surface area contributed by atoms with Crippen LogP contribution in [0, 0.1) is 0 Å². The Kier molecular flexibility index (Phi) is 3.13. The molecule has 0 saturated carbocycles. The van der Waals surface area contributed by atoms with Gasteiger partial charge in [-0.05, 0) is 18.2 Å². The van der Waals surface area contributed by atoms with Gasteiger partial charge in [-0.1, -0.05) is 0 Å². The number of benzene rings is 1. The molecule has 2 aromatic heterocycles. The molecule has 0 aliphatic rings. The summed E-state index contributed by atoms with van der Waals surface area (Å²) >= 11 is 0. The summed E-state index contributed by atoms with van der Waals surface area (Å²) < 4.78 is 5.48. The van der Waals surface area contributed by atoms with E-state index in [0.29, 0.717) is 17.2 Å². The number of aromatic nitrogens is 3. The molecule has 0 radical (unpaired) electrons. The van der Waals surface area contributed by atoms with Crippen LogP contribution < -0.4 is 15.4 Å². The lowest BCUT2D eigenvalue weighted by Crippen LogP contribution is -2.08. The zero-order valence-electron chi connectivity index (χ0n) is 12.2. The van der Waals surface area contributed by atoms with E-state index in [-0.39, 0.29) is 0 Å². The van der Waals surface area contributed by atoms with E-state index in [1.807, 2.05) is 37.2 Å². The van der Waals surface area contributed by atoms with Crippen molar-refractivity contribution in [2.45, 2.75) is 0 Å². The number of nitrogen functional groups attached to an aromatic ring is 1. The van der Waals surface area contributed by atoms with Gasteiger partial charge in [0.05, 0.1) is 18.4 Å². The summed E-state index contributed by atoms with van der Waals surface area (Å²) in [5, 5.41) is 0. The molecule has 3 N–H and O–H groups in total. The number of pyridine rings is 1. The highest BCUT2D eigenvalue weighted by atomic mass is 16.5. The van der Waals surface area contributed by atoms with Crippen molar-refractivity contribution < 1.29 is 4.74 Å². The van der Waals surface area contributed by atoms with Crippen LogP contribution in [0.1, 0.15) is 0 Å². The summed E-state index contributed by atoms with van der Waals surface area (Å²) in [5.74, 6) is 1.44. The van der Waals surface area contributed by atoms with Crippen LogP contribution in [-0.4, -0.2) is 36.2 Å². The van der Waals surface area contributed by atoms with E-state index in [9.17, 15) is 0 Å². The summed E-state index contributed by atoms with van der Waals surface area (Å²) in [6.07, 6.45) is 1.65. The molecule has 0 atom stereocenters. The van der Waals surface area contributed by atoms with Crippen LogP contribution in [0.4, 0.5) is 11.4 Å². The van der Waals surface area contributed by atoms with Gasteiger partial charge in [0.2, 0.25) is 0 Å². The molecule has 0 unspecified atom stereocenters. The first-order valence-corrected chi connectivity index (χ1v) is 6.56. The molecule has 0 amide bonds. The Hall–Kier alpha value is -2.76. The highest BCUT2D eigenvalue weighted by molar-refractivity contribution is 5.87. The lowest BCUT2D eigenvalue weighted by atomic mass is 10.1. The molecule has 3 rings (SSSR count). The summed E-state index contributed by atoms with van der Waals surface area (Å²) in [4.78, 5) is 13.9. The molecule has 6 heteroatoms. The first-order chi connectivity index (χ1) is 10.1. The van der Waals surface area contributed by atoms with Gasteiger partial charge in [0.1, 0.15) is 17.1 Å². The number of nitrogens with two attached hydrogens (primary N) is 1. The van der Waals surface area contributed by atoms with Crippen molar-refractivity contribution in [2.24, 2.45) is 0 Å². The van der Waals surface area contributed by atoms with Crippen molar-refractivity contribution in [3.05, 3.63) is 30.5 Å². The van der Waals surface area contributed by atoms with Crippen molar-refractivity contribution >= 4 is 22.5 Å². The third-order valence-corrected chi connectivity index (χ3v) is 3.38. The molecule has 2 heterocycles. The van der Waals surface area contributed by atoms with Crippen molar-refractivity contribution in [1.29, 1.82) is 0 Å². The van der Waals surface area contributed by atoms with Gasteiger partial charge in [-0.15, -0.1) is 0 Å². The number of fused-ring (bicyclic) bond motifs is 1. The van der Waals surface area contributed by atoms with Crippen molar-refractivity contribution in [3.8, 4) is 17.1 Å². The molecule has 3 aromatic rings. The van der Waals surface area contributed by atoms with E-state index in [1.165, 1.54) is 0 Å². The predicted octanol–water partition coefficient (Wildman–Crippen LogP) is 2.28. The number of H-pyrrole nitrogens is 1. The topological polar surface area (TPSA) is 80.1 Å². The Labute approximate surface area is 122 Å². The lowest BCUT2D eigenvalue weighted by molar-refractivity contribution is 0.416. The summed E-state index contributed by atoms with van der Waals surface area (Å²) in [5.41, 5.74) is 9.84. The molecule has 0 aliphatic carbocycles. The number of imidazole rings is 1. The van der Waals surface area contributed by atoms with Crippen LogP contribution in [0.2, 0.25) is 0 Å². The van der Waals surface area contributed by atoms with Crippen LogP contribution >= 0.6 is 0 Å². The Morgan fingerprint density at radius 2 is 2.05 bits per heavy atom. The van der Waals surface area contributed by atoms with Crippen LogP contribution in [0.15, 0.2) is 30.5 Å². The van der Waals surface area contributed by atoms with Crippen LogP contribution in [0.25, 0.3) is 22.6 Å². The molecule has 0 bridgehead atoms. The lowest BCUT2D eigenvalue weighted by Gasteiger charge is -2.15. The number of ether oxygens (including phenoxy) is 1. The average molecular weight is 283 g/mol. The zero-order chi connectivity index (χ0) is 15.0. The molecule has 21 heavy (non-hydrogen) atoms. The first-order valence-electron chi connectivity index (χ1n) is 6.56. The highest BCUT2D eigenvalue weighted by Crippen LogP contribution is 2.33. The molecule has 1 aromatic carbocycles. The van der Waals surface area contributed by atoms with Crippen LogP contribution in [0.5, 0.6) is 5.75 Å². The summed E-state index contributed by atoms with van der Waals surface area (Å²) in [6.45, 7) is 0. The van der Waals surface area contributed by atoms with Crippen molar-refractivity contribution in [3.63, 3.8) is 0 Å². The number of methoxy groups -OCH3 is 1. The zero-order valence-corrected chi connectivity index (χ0v) is 12.2. The average Bonchev–Trinajstić information content (AvgIpc) is 2.91. The third kappa shape index (κ3) is 2.24. The highest BCUT2D eigenvalue weighted by Gasteiger charge is 2.13. The minimum absolute atomic E-state index is 0.601. The molecule has 0 saturated heterocycles. The van der Waals surface area contributed by atoms with E-state index >= 15 is 0 Å². The number of anilines is 2. The van der Waals surface area contributed by atoms with Crippen LogP contribution in [0.3, 0.4) is 0 Å². The number of nitrogens with zero attached hydrogens (tertiary/aromatic N) is 3. The molecule has 0 aliphatic heterocycles. The standard InChI is InChI=1S/C15H17N5O/c1-20(2)9-4-5-10(12(8-9)21-3)14-18-13-11(16)6-7-17-15(13)19-14/h4-8H,1-3H3,(H3,16,17,18,19).